The summed E-state index contributed by atoms with van der Waals surface area (Å²) < 4.78 is 5.49. The zero-order valence-electron chi connectivity index (χ0n) is 15.2. The number of likely N-dealkylation sites (N-methyl/N-ethyl adjacent to an activating group) is 1. The summed E-state index contributed by atoms with van der Waals surface area (Å²) in [7, 11) is 3.64. The summed E-state index contributed by atoms with van der Waals surface area (Å²) in [4.78, 5) is 25.9. The van der Waals surface area contributed by atoms with Crippen molar-refractivity contribution in [2.45, 2.75) is 38.8 Å². The molecule has 1 amide bonds. The number of carbonyl (C=O) groups is 2. The molecular formula is C19H30N2O3. The minimum atomic E-state index is -0.520. The summed E-state index contributed by atoms with van der Waals surface area (Å²) in [5.74, 6) is -0.479. The Morgan fingerprint density at radius 3 is 2.54 bits per heavy atom. The highest BCUT2D eigenvalue weighted by Gasteiger charge is 2.26. The van der Waals surface area contributed by atoms with E-state index in [2.05, 4.69) is 17.1 Å². The Balaban J connectivity index is 2.60. The van der Waals surface area contributed by atoms with Crippen molar-refractivity contribution in [2.24, 2.45) is 5.92 Å². The Hall–Kier alpha value is -1.72. The van der Waals surface area contributed by atoms with E-state index in [9.17, 15) is 9.59 Å². The zero-order chi connectivity index (χ0) is 17.9. The number of hydrogen-bond acceptors (Lipinski definition) is 4. The summed E-state index contributed by atoms with van der Waals surface area (Å²) in [6.45, 7) is 5.60. The molecule has 0 aliphatic heterocycles. The molecule has 0 aromatic heterocycles. The van der Waals surface area contributed by atoms with Crippen molar-refractivity contribution in [3.05, 3.63) is 35.9 Å². The molecule has 0 spiro atoms. The van der Waals surface area contributed by atoms with Crippen LogP contribution in [0, 0.1) is 5.92 Å². The lowest BCUT2D eigenvalue weighted by Crippen LogP contribution is -2.46. The molecule has 1 aromatic rings. The third kappa shape index (κ3) is 6.81. The average molecular weight is 334 g/mol. The molecule has 0 aliphatic rings. The summed E-state index contributed by atoms with van der Waals surface area (Å²) in [6.07, 6.45) is 2.14. The van der Waals surface area contributed by atoms with Crippen LogP contribution in [0.5, 0.6) is 0 Å². The van der Waals surface area contributed by atoms with Crippen molar-refractivity contribution < 1.29 is 14.3 Å². The van der Waals surface area contributed by atoms with Gasteiger partial charge >= 0.3 is 0 Å². The second-order valence-corrected chi connectivity index (χ2v) is 6.27. The molecule has 3 atom stereocenters. The Morgan fingerprint density at radius 2 is 2.00 bits per heavy atom. The minimum absolute atomic E-state index is 0.153. The molecule has 5 heteroatoms. The van der Waals surface area contributed by atoms with Gasteiger partial charge in [0.1, 0.15) is 6.29 Å². The van der Waals surface area contributed by atoms with Crippen molar-refractivity contribution in [2.75, 3.05) is 27.2 Å². The number of ether oxygens (including phenoxy) is 1. The van der Waals surface area contributed by atoms with E-state index < -0.39 is 6.04 Å². The first-order chi connectivity index (χ1) is 11.5. The normalized spacial score (nSPS) is 14.9. The molecular weight excluding hydrogens is 304 g/mol. The highest BCUT2D eigenvalue weighted by molar-refractivity contribution is 5.82. The molecule has 1 N–H and O–H groups in total. The van der Waals surface area contributed by atoms with Crippen LogP contribution in [-0.4, -0.2) is 56.5 Å². The van der Waals surface area contributed by atoms with Crippen molar-refractivity contribution >= 4 is 12.2 Å². The standard InChI is InChI=1S/C19H30N2O3/c1-5-11-21(3)13-18(24-4)15(2)19(23)20-17(14-22)12-16-9-7-6-8-10-16/h6-10,14-15,17-18H,5,11-13H2,1-4H3,(H,20,23)/t15-,17+,18-/m1/s1. The fourth-order valence-electron chi connectivity index (χ4n) is 2.70. The van der Waals surface area contributed by atoms with E-state index in [0.717, 1.165) is 24.8 Å². The van der Waals surface area contributed by atoms with Crippen LogP contribution in [0.15, 0.2) is 30.3 Å². The largest absolute Gasteiger partial charge is 0.379 e. The van der Waals surface area contributed by atoms with Crippen molar-refractivity contribution in [3.8, 4) is 0 Å². The molecule has 0 saturated carbocycles. The molecule has 0 unspecified atom stereocenters. The van der Waals surface area contributed by atoms with Crippen LogP contribution in [0.2, 0.25) is 0 Å². The Labute approximate surface area is 145 Å². The van der Waals surface area contributed by atoms with Gasteiger partial charge < -0.3 is 19.7 Å². The van der Waals surface area contributed by atoms with E-state index in [1.54, 1.807) is 7.11 Å². The molecule has 0 saturated heterocycles. The van der Waals surface area contributed by atoms with Crippen molar-refractivity contribution in [1.82, 2.24) is 10.2 Å². The topological polar surface area (TPSA) is 58.6 Å². The first kappa shape index (κ1) is 20.3. The van der Waals surface area contributed by atoms with Gasteiger partial charge in [-0.25, -0.2) is 0 Å². The molecule has 24 heavy (non-hydrogen) atoms. The summed E-state index contributed by atoms with van der Waals surface area (Å²) in [6, 6.07) is 9.15. The number of nitrogens with zero attached hydrogens (tertiary/aromatic N) is 1. The highest BCUT2D eigenvalue weighted by Crippen LogP contribution is 2.10. The molecule has 0 heterocycles. The molecule has 134 valence electrons. The minimum Gasteiger partial charge on any atom is -0.379 e. The number of rotatable bonds is 11. The molecule has 0 bridgehead atoms. The zero-order valence-corrected chi connectivity index (χ0v) is 15.2. The smallest absolute Gasteiger partial charge is 0.226 e. The molecule has 0 radical (unpaired) electrons. The average Bonchev–Trinajstić information content (AvgIpc) is 2.59. The second kappa shape index (κ2) is 10.9. The fourth-order valence-corrected chi connectivity index (χ4v) is 2.70. The van der Waals surface area contributed by atoms with E-state index in [4.69, 9.17) is 4.74 Å². The quantitative estimate of drug-likeness (QED) is 0.628. The molecule has 1 rings (SSSR count). The lowest BCUT2D eigenvalue weighted by molar-refractivity contribution is -0.131. The molecule has 0 aliphatic carbocycles. The van der Waals surface area contributed by atoms with E-state index >= 15 is 0 Å². The predicted octanol–water partition coefficient (Wildman–Crippen LogP) is 1.91. The van der Waals surface area contributed by atoms with Gasteiger partial charge in [-0.05, 0) is 32.0 Å². The van der Waals surface area contributed by atoms with Gasteiger partial charge in [0.25, 0.3) is 0 Å². The van der Waals surface area contributed by atoms with Crippen LogP contribution in [0.1, 0.15) is 25.8 Å². The summed E-state index contributed by atoms with van der Waals surface area (Å²) in [5, 5.41) is 2.83. The lowest BCUT2D eigenvalue weighted by Gasteiger charge is -2.27. The van der Waals surface area contributed by atoms with E-state index in [1.807, 2.05) is 44.3 Å². The lowest BCUT2D eigenvalue weighted by atomic mass is 10.0. The number of aldehydes is 1. The van der Waals surface area contributed by atoms with Gasteiger partial charge in [0, 0.05) is 13.7 Å². The van der Waals surface area contributed by atoms with Crippen LogP contribution < -0.4 is 5.32 Å². The van der Waals surface area contributed by atoms with Gasteiger partial charge in [-0.15, -0.1) is 0 Å². The number of methoxy groups -OCH3 is 1. The number of nitrogens with one attached hydrogen (secondary N) is 1. The Bertz CT molecular complexity index is 493. The predicted molar refractivity (Wildman–Crippen MR) is 95.9 cm³/mol. The second-order valence-electron chi connectivity index (χ2n) is 6.27. The Morgan fingerprint density at radius 1 is 1.33 bits per heavy atom. The van der Waals surface area contributed by atoms with Gasteiger partial charge in [-0.3, -0.25) is 4.79 Å². The number of benzene rings is 1. The third-order valence-corrected chi connectivity index (χ3v) is 4.16. The van der Waals surface area contributed by atoms with Crippen LogP contribution in [-0.2, 0) is 20.7 Å². The Kier molecular flexibility index (Phi) is 9.27. The first-order valence-corrected chi connectivity index (χ1v) is 8.52. The molecule has 0 fully saturated rings. The van der Waals surface area contributed by atoms with Gasteiger partial charge in [-0.1, -0.05) is 44.2 Å². The molecule has 5 nitrogen and oxygen atoms in total. The maximum Gasteiger partial charge on any atom is 0.226 e. The summed E-state index contributed by atoms with van der Waals surface area (Å²) >= 11 is 0. The SMILES string of the molecule is CCCN(C)C[C@@H](OC)[C@@H](C)C(=O)N[C@H](C=O)Cc1ccccc1. The number of hydrogen-bond donors (Lipinski definition) is 1. The van der Waals surface area contributed by atoms with Crippen LogP contribution in [0.4, 0.5) is 0 Å². The monoisotopic (exact) mass is 334 g/mol. The maximum absolute atomic E-state index is 12.5. The van der Waals surface area contributed by atoms with E-state index in [-0.39, 0.29) is 17.9 Å². The number of amides is 1. The van der Waals surface area contributed by atoms with Crippen LogP contribution in [0.25, 0.3) is 0 Å². The van der Waals surface area contributed by atoms with Gasteiger partial charge in [0.15, 0.2) is 0 Å². The van der Waals surface area contributed by atoms with Crippen molar-refractivity contribution in [1.29, 1.82) is 0 Å². The van der Waals surface area contributed by atoms with E-state index in [1.165, 1.54) is 0 Å². The van der Waals surface area contributed by atoms with Crippen LogP contribution in [0.3, 0.4) is 0 Å². The summed E-state index contributed by atoms with van der Waals surface area (Å²) in [5.41, 5.74) is 1.02. The van der Waals surface area contributed by atoms with Gasteiger partial charge in [-0.2, -0.15) is 0 Å². The van der Waals surface area contributed by atoms with E-state index in [0.29, 0.717) is 13.0 Å². The van der Waals surface area contributed by atoms with Gasteiger partial charge in [0.05, 0.1) is 18.1 Å². The maximum atomic E-state index is 12.5. The fraction of sp³-hybridized carbons (Fsp3) is 0.579. The molecule has 1 aromatic carbocycles. The third-order valence-electron chi connectivity index (χ3n) is 4.16. The van der Waals surface area contributed by atoms with Crippen LogP contribution >= 0.6 is 0 Å². The van der Waals surface area contributed by atoms with Crippen molar-refractivity contribution in [3.63, 3.8) is 0 Å². The highest BCUT2D eigenvalue weighted by atomic mass is 16.5. The number of carbonyl (C=O) groups excluding carboxylic acids is 2. The van der Waals surface area contributed by atoms with Gasteiger partial charge in [0.2, 0.25) is 5.91 Å². The first-order valence-electron chi connectivity index (χ1n) is 8.52.